The summed E-state index contributed by atoms with van der Waals surface area (Å²) in [6.45, 7) is 4.70. The number of benzene rings is 11. The van der Waals surface area contributed by atoms with Gasteiger partial charge < -0.3 is 9.47 Å². The summed E-state index contributed by atoms with van der Waals surface area (Å²) in [5, 5.41) is 4.74. The SMILES string of the molecule is CC1(C)c2cc(-c3ccc4c(c3)c3ccccc3n4-c3ccc4c(c3)C(c3ccccc3)(c3ccccc3)c3ccccc3-4)ccc2-c2ccc(N(c3ccc(F)cc3)c3cccc4ccccc34)cc21. The highest BCUT2D eigenvalue weighted by Crippen LogP contribution is 2.57. The molecule has 0 saturated heterocycles. The van der Waals surface area contributed by atoms with E-state index in [1.165, 1.54) is 88.6 Å². The lowest BCUT2D eigenvalue weighted by Gasteiger charge is -2.34. The van der Waals surface area contributed by atoms with Gasteiger partial charge in [0.25, 0.3) is 0 Å². The number of nitrogens with zero attached hydrogens (tertiary/aromatic N) is 2. The van der Waals surface area contributed by atoms with E-state index in [0.717, 1.165) is 33.5 Å². The Bertz CT molecular complexity index is 4040. The van der Waals surface area contributed by atoms with Crippen molar-refractivity contribution in [3.63, 3.8) is 0 Å². The summed E-state index contributed by atoms with van der Waals surface area (Å²) in [6.07, 6.45) is 0. The van der Waals surface area contributed by atoms with Crippen molar-refractivity contribution in [2.45, 2.75) is 24.7 Å². The third-order valence-electron chi connectivity index (χ3n) is 15.7. The van der Waals surface area contributed by atoms with Gasteiger partial charge in [-0.15, -0.1) is 0 Å². The second kappa shape index (κ2) is 15.6. The van der Waals surface area contributed by atoms with Crippen LogP contribution in [0.2, 0.25) is 0 Å². The van der Waals surface area contributed by atoms with Crippen LogP contribution in [0.3, 0.4) is 0 Å². The number of hydrogen-bond donors (Lipinski definition) is 0. The van der Waals surface area contributed by atoms with Crippen LogP contribution in [0, 0.1) is 5.82 Å². The number of anilines is 3. The van der Waals surface area contributed by atoms with Gasteiger partial charge in [-0.25, -0.2) is 4.39 Å². The summed E-state index contributed by atoms with van der Waals surface area (Å²) in [6, 6.07) is 89.7. The Morgan fingerprint density at radius 2 is 0.944 bits per heavy atom. The molecule has 3 heteroatoms. The smallest absolute Gasteiger partial charge is 0.123 e. The van der Waals surface area contributed by atoms with Gasteiger partial charge >= 0.3 is 0 Å². The van der Waals surface area contributed by atoms with Crippen LogP contribution >= 0.6 is 0 Å². The fraction of sp³-hybridized carbons (Fsp3) is 0.0588. The van der Waals surface area contributed by atoms with Crippen molar-refractivity contribution in [2.75, 3.05) is 4.90 Å². The zero-order valence-electron chi connectivity index (χ0n) is 39.4. The maximum atomic E-state index is 14.4. The van der Waals surface area contributed by atoms with Crippen LogP contribution in [0.4, 0.5) is 21.5 Å². The van der Waals surface area contributed by atoms with E-state index in [9.17, 15) is 4.39 Å². The van der Waals surface area contributed by atoms with Crippen molar-refractivity contribution in [3.05, 3.63) is 288 Å². The van der Waals surface area contributed by atoms with Crippen LogP contribution in [0.5, 0.6) is 0 Å². The molecule has 336 valence electrons. The number of aromatic nitrogens is 1. The van der Waals surface area contributed by atoms with Crippen LogP contribution in [0.1, 0.15) is 47.2 Å². The Labute approximate surface area is 413 Å². The Morgan fingerprint density at radius 1 is 0.380 bits per heavy atom. The maximum absolute atomic E-state index is 14.4. The summed E-state index contributed by atoms with van der Waals surface area (Å²) in [5.41, 5.74) is 20.9. The molecule has 0 atom stereocenters. The lowest BCUT2D eigenvalue weighted by molar-refractivity contribution is 0.628. The van der Waals surface area contributed by atoms with Crippen molar-refractivity contribution in [2.24, 2.45) is 0 Å². The normalized spacial score (nSPS) is 13.8. The first-order valence-corrected chi connectivity index (χ1v) is 24.6. The number of para-hydroxylation sites is 1. The van der Waals surface area contributed by atoms with Gasteiger partial charge in [-0.3, -0.25) is 0 Å². The molecule has 0 radical (unpaired) electrons. The monoisotopic (exact) mass is 910 g/mol. The third kappa shape index (κ3) is 6.06. The predicted octanol–water partition coefficient (Wildman–Crippen LogP) is 17.9. The van der Waals surface area contributed by atoms with Gasteiger partial charge in [0.1, 0.15) is 5.82 Å². The van der Waals surface area contributed by atoms with Crippen molar-refractivity contribution < 1.29 is 4.39 Å². The van der Waals surface area contributed by atoms with Gasteiger partial charge in [-0.2, -0.15) is 0 Å². The molecule has 0 bridgehead atoms. The molecule has 14 rings (SSSR count). The Morgan fingerprint density at radius 3 is 1.73 bits per heavy atom. The first-order valence-electron chi connectivity index (χ1n) is 24.6. The molecule has 71 heavy (non-hydrogen) atoms. The van der Waals surface area contributed by atoms with Crippen LogP contribution in [0.15, 0.2) is 249 Å². The molecule has 2 nitrogen and oxygen atoms in total. The van der Waals surface area contributed by atoms with E-state index in [-0.39, 0.29) is 11.2 Å². The first-order chi connectivity index (χ1) is 34.9. The number of fused-ring (bicyclic) bond motifs is 10. The summed E-state index contributed by atoms with van der Waals surface area (Å²) >= 11 is 0. The van der Waals surface area contributed by atoms with Crippen LogP contribution in [0.25, 0.3) is 71.6 Å². The summed E-state index contributed by atoms with van der Waals surface area (Å²) in [4.78, 5) is 2.27. The van der Waals surface area contributed by atoms with E-state index >= 15 is 0 Å². The molecule has 1 aromatic heterocycles. The Hall–Kier alpha value is -8.79. The molecule has 0 aliphatic heterocycles. The summed E-state index contributed by atoms with van der Waals surface area (Å²) in [5.74, 6) is -0.252. The van der Waals surface area contributed by atoms with Gasteiger partial charge in [-0.1, -0.05) is 184 Å². The molecule has 0 spiro atoms. The largest absolute Gasteiger partial charge is 0.310 e. The average molecular weight is 911 g/mol. The minimum atomic E-state index is -0.488. The predicted molar refractivity (Wildman–Crippen MR) is 293 cm³/mol. The quantitative estimate of drug-likeness (QED) is 0.155. The first kappa shape index (κ1) is 41.2. The number of rotatable bonds is 7. The Kier molecular flexibility index (Phi) is 9.06. The molecule has 11 aromatic carbocycles. The van der Waals surface area contributed by atoms with Crippen molar-refractivity contribution in [1.82, 2.24) is 4.57 Å². The molecule has 2 aliphatic rings. The van der Waals surface area contributed by atoms with Gasteiger partial charge in [-0.05, 0) is 151 Å². The molecule has 0 unspecified atom stereocenters. The van der Waals surface area contributed by atoms with E-state index < -0.39 is 5.41 Å². The second-order valence-corrected chi connectivity index (χ2v) is 19.8. The lowest BCUT2D eigenvalue weighted by atomic mass is 9.67. The number of halogens is 1. The van der Waals surface area contributed by atoms with Crippen molar-refractivity contribution in [3.8, 4) is 39.1 Å². The van der Waals surface area contributed by atoms with Gasteiger partial charge in [0, 0.05) is 38.6 Å². The van der Waals surface area contributed by atoms with E-state index in [1.807, 2.05) is 12.1 Å². The molecular formula is C68H47FN2. The maximum Gasteiger partial charge on any atom is 0.123 e. The third-order valence-corrected chi connectivity index (χ3v) is 15.7. The van der Waals surface area contributed by atoms with E-state index in [2.05, 4.69) is 248 Å². The fourth-order valence-corrected chi connectivity index (χ4v) is 12.5. The number of hydrogen-bond acceptors (Lipinski definition) is 1. The van der Waals surface area contributed by atoms with Crippen LogP contribution in [-0.4, -0.2) is 4.57 Å². The van der Waals surface area contributed by atoms with E-state index in [4.69, 9.17) is 0 Å². The zero-order chi connectivity index (χ0) is 47.4. The molecule has 0 saturated carbocycles. The second-order valence-electron chi connectivity index (χ2n) is 19.8. The topological polar surface area (TPSA) is 8.17 Å². The molecule has 0 fully saturated rings. The standard InChI is InChI=1S/C68H47FN2/c1-67(2)61-41-46(28-36-55(61)56-37-34-51(42-62(56)67)70(50-32-30-49(69)31-33-50)64-27-15-17-44-16-9-10-22-53(44)64)45-29-39-66-59(40-45)58-24-12-14-26-65(58)71(66)52-35-38-57-54-23-11-13-25-60(54)68(63(57)43-52,47-18-5-3-6-19-47)48-20-7-4-8-21-48/h3-43H,1-2H3. The van der Waals surface area contributed by atoms with Crippen LogP contribution < -0.4 is 4.90 Å². The highest BCUT2D eigenvalue weighted by Gasteiger charge is 2.46. The molecule has 0 amide bonds. The molecule has 12 aromatic rings. The fourth-order valence-electron chi connectivity index (χ4n) is 12.5. The molecular weight excluding hydrogens is 864 g/mol. The summed E-state index contributed by atoms with van der Waals surface area (Å²) in [7, 11) is 0. The van der Waals surface area contributed by atoms with Gasteiger partial charge in [0.15, 0.2) is 0 Å². The van der Waals surface area contributed by atoms with E-state index in [0.29, 0.717) is 0 Å². The van der Waals surface area contributed by atoms with Crippen molar-refractivity contribution in [1.29, 1.82) is 0 Å². The molecule has 2 aliphatic carbocycles. The highest BCUT2D eigenvalue weighted by molar-refractivity contribution is 6.11. The zero-order valence-corrected chi connectivity index (χ0v) is 39.4. The average Bonchev–Trinajstić information content (AvgIpc) is 4.00. The summed E-state index contributed by atoms with van der Waals surface area (Å²) < 4.78 is 16.9. The minimum absolute atomic E-state index is 0.252. The molecule has 0 N–H and O–H groups in total. The van der Waals surface area contributed by atoms with E-state index in [1.54, 1.807) is 12.1 Å². The minimum Gasteiger partial charge on any atom is -0.310 e. The van der Waals surface area contributed by atoms with Crippen LogP contribution in [-0.2, 0) is 10.8 Å². The highest BCUT2D eigenvalue weighted by atomic mass is 19.1. The lowest BCUT2D eigenvalue weighted by Crippen LogP contribution is -2.28. The van der Waals surface area contributed by atoms with Crippen molar-refractivity contribution >= 4 is 49.6 Å². The van der Waals surface area contributed by atoms with Gasteiger partial charge in [0.2, 0.25) is 0 Å². The Balaban J connectivity index is 0.879. The molecule has 1 heterocycles. The van der Waals surface area contributed by atoms with Gasteiger partial charge in [0.05, 0.1) is 22.1 Å².